The van der Waals surface area contributed by atoms with Crippen molar-refractivity contribution in [2.75, 3.05) is 0 Å². The lowest BCUT2D eigenvalue weighted by atomic mass is 10.1. The SMILES string of the molecule is Cc1c(N=C2S/C(=C\c3cc([N+](=O)[O-])ccc3O)C(=O)N2/N=C/c2cc([N+](=O)[O-])ccc2O)c(=O)n(-c2ccccc2)n1C. The average molecular weight is 616 g/mol. The van der Waals surface area contributed by atoms with E-state index in [0.717, 1.165) is 59.4 Å². The molecule has 2 N–H and O–H groups in total. The number of nitro benzene ring substituents is 2. The molecule has 5 rings (SSSR count). The predicted molar refractivity (Wildman–Crippen MR) is 162 cm³/mol. The molecule has 2 heterocycles. The van der Waals surface area contributed by atoms with Crippen LogP contribution in [0.1, 0.15) is 16.8 Å². The van der Waals surface area contributed by atoms with Gasteiger partial charge in [0.2, 0.25) is 0 Å². The fourth-order valence-corrected chi connectivity index (χ4v) is 5.12. The highest BCUT2D eigenvalue weighted by molar-refractivity contribution is 8.18. The number of benzene rings is 3. The molecule has 16 heteroatoms. The Balaban J connectivity index is 1.64. The minimum absolute atomic E-state index is 0.00973. The summed E-state index contributed by atoms with van der Waals surface area (Å²) in [5.74, 6) is -1.46. The van der Waals surface area contributed by atoms with Crippen molar-refractivity contribution in [1.82, 2.24) is 14.4 Å². The number of amidine groups is 1. The fraction of sp³-hybridized carbons (Fsp3) is 0.0714. The van der Waals surface area contributed by atoms with Gasteiger partial charge in [-0.2, -0.15) is 10.1 Å². The number of phenolic OH excluding ortho intramolecular Hbond substituents is 2. The summed E-state index contributed by atoms with van der Waals surface area (Å²) in [5.41, 5.74) is -0.239. The number of para-hydroxylation sites is 1. The molecule has 0 atom stereocenters. The molecule has 0 unspecified atom stereocenters. The van der Waals surface area contributed by atoms with E-state index in [1.165, 1.54) is 10.8 Å². The van der Waals surface area contributed by atoms with Gasteiger partial charge in [-0.3, -0.25) is 34.5 Å². The molecule has 1 amide bonds. The van der Waals surface area contributed by atoms with E-state index in [9.17, 15) is 40.0 Å². The standard InChI is InChI=1S/C28H21N7O8S/c1-16-25(27(39)33(31(16)2)19-6-4-3-5-7-19)30-28-32(29-15-18-13-21(35(42)43)9-11-23(18)37)26(38)24(44-28)14-17-12-20(34(40)41)8-10-22(17)36/h3-15,36-37H,1-2H3/b24-14-,29-15+,30-28?. The van der Waals surface area contributed by atoms with Crippen LogP contribution in [0.4, 0.5) is 17.1 Å². The minimum atomic E-state index is -0.780. The zero-order valence-corrected chi connectivity index (χ0v) is 23.7. The maximum Gasteiger partial charge on any atom is 0.297 e. The quantitative estimate of drug-likeness (QED) is 0.131. The summed E-state index contributed by atoms with van der Waals surface area (Å²) in [6.07, 6.45) is 2.23. The number of amides is 1. The number of hydrogen-bond acceptors (Lipinski definition) is 11. The number of hydrazone groups is 1. The van der Waals surface area contributed by atoms with Crippen LogP contribution in [0.5, 0.6) is 11.5 Å². The Morgan fingerprint density at radius 3 is 2.09 bits per heavy atom. The number of nitro groups is 2. The number of aromatic nitrogens is 2. The number of aromatic hydroxyl groups is 2. The Labute approximate surface area is 251 Å². The van der Waals surface area contributed by atoms with Gasteiger partial charge in [0.25, 0.3) is 22.8 Å². The van der Waals surface area contributed by atoms with Crippen LogP contribution in [0, 0.1) is 27.2 Å². The summed E-state index contributed by atoms with van der Waals surface area (Å²) >= 11 is 0.780. The van der Waals surface area contributed by atoms with Crippen LogP contribution in [0.2, 0.25) is 0 Å². The van der Waals surface area contributed by atoms with E-state index in [1.54, 1.807) is 49.0 Å². The maximum atomic E-state index is 13.6. The molecule has 0 bridgehead atoms. The van der Waals surface area contributed by atoms with E-state index in [-0.39, 0.29) is 49.8 Å². The van der Waals surface area contributed by atoms with Gasteiger partial charge in [0, 0.05) is 42.4 Å². The van der Waals surface area contributed by atoms with E-state index in [0.29, 0.717) is 11.4 Å². The van der Waals surface area contributed by atoms with Gasteiger partial charge in [-0.05, 0) is 49.0 Å². The molecule has 0 saturated carbocycles. The zero-order valence-electron chi connectivity index (χ0n) is 22.9. The van der Waals surface area contributed by atoms with E-state index in [1.807, 2.05) is 0 Å². The van der Waals surface area contributed by atoms with Crippen LogP contribution < -0.4 is 5.56 Å². The van der Waals surface area contributed by atoms with Crippen LogP contribution in [0.3, 0.4) is 0 Å². The Morgan fingerprint density at radius 2 is 1.48 bits per heavy atom. The first-order valence-corrected chi connectivity index (χ1v) is 13.4. The summed E-state index contributed by atoms with van der Waals surface area (Å²) < 4.78 is 2.98. The van der Waals surface area contributed by atoms with Crippen LogP contribution >= 0.6 is 11.8 Å². The van der Waals surface area contributed by atoms with Crippen molar-refractivity contribution in [3.63, 3.8) is 0 Å². The number of carbonyl (C=O) groups excluding carboxylic acids is 1. The minimum Gasteiger partial charge on any atom is -0.507 e. The number of phenols is 2. The van der Waals surface area contributed by atoms with Crippen LogP contribution in [-0.4, -0.2) is 51.7 Å². The second kappa shape index (κ2) is 11.7. The summed E-state index contributed by atoms with van der Waals surface area (Å²) in [6, 6.07) is 15.4. The number of rotatable bonds is 7. The molecule has 15 nitrogen and oxygen atoms in total. The van der Waals surface area contributed by atoms with Crippen molar-refractivity contribution in [1.29, 1.82) is 0 Å². The van der Waals surface area contributed by atoms with Gasteiger partial charge in [-0.15, -0.1) is 0 Å². The molecule has 0 aliphatic carbocycles. The molecule has 1 aromatic heterocycles. The average Bonchev–Trinajstić information content (AvgIpc) is 3.40. The second-order valence-corrected chi connectivity index (χ2v) is 10.3. The number of carbonyl (C=O) groups is 1. The maximum absolute atomic E-state index is 13.6. The van der Waals surface area contributed by atoms with E-state index < -0.39 is 21.3 Å². The Bertz CT molecular complexity index is 2000. The molecule has 0 spiro atoms. The normalized spacial score (nSPS) is 15.1. The van der Waals surface area contributed by atoms with Gasteiger partial charge in [0.15, 0.2) is 10.9 Å². The van der Waals surface area contributed by atoms with Crippen molar-refractivity contribution in [2.24, 2.45) is 17.1 Å². The van der Waals surface area contributed by atoms with E-state index >= 15 is 0 Å². The molecule has 44 heavy (non-hydrogen) atoms. The summed E-state index contributed by atoms with van der Waals surface area (Å²) in [7, 11) is 1.66. The first kappa shape index (κ1) is 29.5. The molecule has 3 aromatic carbocycles. The number of aliphatic imine (C=N–C) groups is 1. The summed E-state index contributed by atoms with van der Waals surface area (Å²) in [5, 5.41) is 47.9. The zero-order chi connectivity index (χ0) is 31.7. The van der Waals surface area contributed by atoms with E-state index in [4.69, 9.17) is 0 Å². The molecule has 222 valence electrons. The third kappa shape index (κ3) is 5.56. The largest absolute Gasteiger partial charge is 0.507 e. The van der Waals surface area contributed by atoms with Crippen LogP contribution in [0.15, 0.2) is 86.5 Å². The van der Waals surface area contributed by atoms with Crippen LogP contribution in [0.25, 0.3) is 11.8 Å². The smallest absolute Gasteiger partial charge is 0.297 e. The fourth-order valence-electron chi connectivity index (χ4n) is 4.21. The lowest BCUT2D eigenvalue weighted by Crippen LogP contribution is -2.24. The lowest BCUT2D eigenvalue weighted by molar-refractivity contribution is -0.385. The number of thioether (sulfide) groups is 1. The van der Waals surface area contributed by atoms with Gasteiger partial charge in [-0.25, -0.2) is 9.67 Å². The molecule has 1 aliphatic rings. The van der Waals surface area contributed by atoms with E-state index in [2.05, 4.69) is 10.1 Å². The number of hydrogen-bond donors (Lipinski definition) is 2. The number of nitrogens with zero attached hydrogens (tertiary/aromatic N) is 7. The van der Waals surface area contributed by atoms with Crippen molar-refractivity contribution in [3.8, 4) is 17.2 Å². The highest BCUT2D eigenvalue weighted by atomic mass is 32.2. The van der Waals surface area contributed by atoms with Gasteiger partial charge in [0.1, 0.15) is 11.5 Å². The Kier molecular flexibility index (Phi) is 7.83. The molecular formula is C28H21N7O8S. The molecule has 4 aromatic rings. The predicted octanol–water partition coefficient (Wildman–Crippen LogP) is 4.35. The van der Waals surface area contributed by atoms with Gasteiger partial charge in [-0.1, -0.05) is 18.2 Å². The second-order valence-electron chi connectivity index (χ2n) is 9.28. The van der Waals surface area contributed by atoms with Gasteiger partial charge in [0.05, 0.1) is 32.3 Å². The van der Waals surface area contributed by atoms with Crippen molar-refractivity contribution in [2.45, 2.75) is 6.92 Å². The van der Waals surface area contributed by atoms with Crippen molar-refractivity contribution in [3.05, 3.63) is 119 Å². The van der Waals surface area contributed by atoms with Gasteiger partial charge >= 0.3 is 0 Å². The summed E-state index contributed by atoms with van der Waals surface area (Å²) in [4.78, 5) is 52.6. The molecule has 1 saturated heterocycles. The topological polar surface area (TPSA) is 199 Å². The first-order valence-electron chi connectivity index (χ1n) is 12.6. The molecule has 1 fully saturated rings. The highest BCUT2D eigenvalue weighted by Crippen LogP contribution is 2.37. The third-order valence-electron chi connectivity index (χ3n) is 6.56. The first-order chi connectivity index (χ1) is 21.0. The number of non-ortho nitro benzene ring substituents is 2. The van der Waals surface area contributed by atoms with Crippen LogP contribution in [-0.2, 0) is 11.8 Å². The summed E-state index contributed by atoms with van der Waals surface area (Å²) in [6.45, 7) is 1.66. The Hall–Kier alpha value is -6.03. The third-order valence-corrected chi connectivity index (χ3v) is 7.52. The molecule has 1 aliphatic heterocycles. The van der Waals surface area contributed by atoms with Crippen molar-refractivity contribution >= 4 is 52.2 Å². The van der Waals surface area contributed by atoms with Crippen molar-refractivity contribution < 1.29 is 24.9 Å². The Morgan fingerprint density at radius 1 is 0.886 bits per heavy atom. The monoisotopic (exact) mass is 615 g/mol. The molecule has 0 radical (unpaired) electrons. The lowest BCUT2D eigenvalue weighted by Gasteiger charge is -2.08. The van der Waals surface area contributed by atoms with Gasteiger partial charge < -0.3 is 10.2 Å². The highest BCUT2D eigenvalue weighted by Gasteiger charge is 2.35. The molecular weight excluding hydrogens is 594 g/mol.